The molecule has 0 heterocycles. The summed E-state index contributed by atoms with van der Waals surface area (Å²) in [6, 6.07) is 15.1. The first kappa shape index (κ1) is 14.8. The molecule has 0 amide bonds. The molecule has 20 heavy (non-hydrogen) atoms. The highest BCUT2D eigenvalue weighted by molar-refractivity contribution is 9.10. The highest BCUT2D eigenvalue weighted by Crippen LogP contribution is 2.17. The second-order valence-corrected chi connectivity index (χ2v) is 5.26. The van der Waals surface area contributed by atoms with Gasteiger partial charge in [0.05, 0.1) is 5.56 Å². The summed E-state index contributed by atoms with van der Waals surface area (Å²) in [6.45, 7) is 0.816. The van der Waals surface area contributed by atoms with Gasteiger partial charge >= 0.3 is 5.97 Å². The van der Waals surface area contributed by atoms with E-state index in [4.69, 9.17) is 10.5 Å². The minimum Gasteiger partial charge on any atom is -0.457 e. The number of carbonyl (C=O) groups excluding carboxylic acids is 1. The van der Waals surface area contributed by atoms with Crippen molar-refractivity contribution in [1.82, 2.24) is 0 Å². The van der Waals surface area contributed by atoms with Gasteiger partial charge in [0.15, 0.2) is 0 Å². The van der Waals surface area contributed by atoms with Crippen molar-refractivity contribution in [3.63, 3.8) is 0 Å². The first-order valence-corrected chi connectivity index (χ1v) is 7.19. The van der Waals surface area contributed by atoms with E-state index in [1.165, 1.54) is 0 Å². The molecule has 0 atom stereocenters. The summed E-state index contributed by atoms with van der Waals surface area (Å²) < 4.78 is 6.26. The SMILES string of the molecule is NCCc1cccc(C(=O)OCc2ccccc2Br)c1. The van der Waals surface area contributed by atoms with Crippen LogP contribution in [0.4, 0.5) is 0 Å². The van der Waals surface area contributed by atoms with E-state index < -0.39 is 0 Å². The zero-order valence-electron chi connectivity index (χ0n) is 11.0. The van der Waals surface area contributed by atoms with Crippen molar-refractivity contribution in [2.75, 3.05) is 6.54 Å². The van der Waals surface area contributed by atoms with Crippen molar-refractivity contribution in [1.29, 1.82) is 0 Å². The lowest BCUT2D eigenvalue weighted by atomic mass is 10.1. The van der Waals surface area contributed by atoms with Crippen molar-refractivity contribution < 1.29 is 9.53 Å². The number of ether oxygens (including phenoxy) is 1. The van der Waals surface area contributed by atoms with Crippen molar-refractivity contribution in [3.8, 4) is 0 Å². The van der Waals surface area contributed by atoms with Crippen LogP contribution in [0, 0.1) is 0 Å². The summed E-state index contributed by atoms with van der Waals surface area (Å²) in [5, 5.41) is 0. The van der Waals surface area contributed by atoms with Gasteiger partial charge < -0.3 is 10.5 Å². The molecule has 0 aliphatic carbocycles. The average molecular weight is 334 g/mol. The molecule has 0 aliphatic rings. The van der Waals surface area contributed by atoms with Crippen LogP contribution in [0.15, 0.2) is 53.0 Å². The molecule has 0 aliphatic heterocycles. The van der Waals surface area contributed by atoms with Gasteiger partial charge in [-0.2, -0.15) is 0 Å². The van der Waals surface area contributed by atoms with Crippen LogP contribution in [0.1, 0.15) is 21.5 Å². The van der Waals surface area contributed by atoms with Gasteiger partial charge in [-0.1, -0.05) is 46.3 Å². The zero-order valence-corrected chi connectivity index (χ0v) is 12.6. The lowest BCUT2D eigenvalue weighted by molar-refractivity contribution is 0.0472. The van der Waals surface area contributed by atoms with Crippen molar-refractivity contribution >= 4 is 21.9 Å². The Hall–Kier alpha value is -1.65. The van der Waals surface area contributed by atoms with Gasteiger partial charge in [0.1, 0.15) is 6.61 Å². The van der Waals surface area contributed by atoms with Crippen LogP contribution >= 0.6 is 15.9 Å². The van der Waals surface area contributed by atoms with Crippen molar-refractivity contribution in [2.24, 2.45) is 5.73 Å². The van der Waals surface area contributed by atoms with E-state index in [1.807, 2.05) is 42.5 Å². The summed E-state index contributed by atoms with van der Waals surface area (Å²) in [4.78, 5) is 12.0. The molecule has 0 bridgehead atoms. The van der Waals surface area contributed by atoms with Crippen LogP contribution in [0.25, 0.3) is 0 Å². The van der Waals surface area contributed by atoms with E-state index in [9.17, 15) is 4.79 Å². The fourth-order valence-electron chi connectivity index (χ4n) is 1.86. The monoisotopic (exact) mass is 333 g/mol. The third-order valence-corrected chi connectivity index (χ3v) is 3.69. The third-order valence-electron chi connectivity index (χ3n) is 2.91. The lowest BCUT2D eigenvalue weighted by Gasteiger charge is -2.07. The second-order valence-electron chi connectivity index (χ2n) is 4.41. The van der Waals surface area contributed by atoms with Gasteiger partial charge in [0.25, 0.3) is 0 Å². The second kappa shape index (κ2) is 7.22. The van der Waals surface area contributed by atoms with Gasteiger partial charge in [-0.15, -0.1) is 0 Å². The Morgan fingerprint density at radius 3 is 2.70 bits per heavy atom. The molecule has 2 aromatic carbocycles. The summed E-state index contributed by atoms with van der Waals surface area (Å²) >= 11 is 3.43. The highest BCUT2D eigenvalue weighted by Gasteiger charge is 2.09. The highest BCUT2D eigenvalue weighted by atomic mass is 79.9. The quantitative estimate of drug-likeness (QED) is 0.854. The lowest BCUT2D eigenvalue weighted by Crippen LogP contribution is -2.07. The Labute approximate surface area is 126 Å². The summed E-state index contributed by atoms with van der Waals surface area (Å²) in [7, 11) is 0. The molecule has 0 unspecified atom stereocenters. The number of carbonyl (C=O) groups is 1. The molecule has 2 aromatic rings. The predicted octanol–water partition coefficient (Wildman–Crippen LogP) is 3.31. The molecule has 0 saturated carbocycles. The predicted molar refractivity (Wildman–Crippen MR) is 82.5 cm³/mol. The van der Waals surface area contributed by atoms with Gasteiger partial charge in [-0.3, -0.25) is 0 Å². The summed E-state index contributed by atoms with van der Waals surface area (Å²) in [5.74, 6) is -0.320. The first-order valence-electron chi connectivity index (χ1n) is 6.40. The van der Waals surface area contributed by atoms with Crippen LogP contribution in [-0.2, 0) is 17.8 Å². The van der Waals surface area contributed by atoms with E-state index in [0.717, 1.165) is 22.0 Å². The Kier molecular flexibility index (Phi) is 5.32. The molecule has 4 heteroatoms. The molecule has 0 fully saturated rings. The number of rotatable bonds is 5. The number of benzene rings is 2. The Bertz CT molecular complexity index is 599. The van der Waals surface area contributed by atoms with Crippen LogP contribution in [0.5, 0.6) is 0 Å². The van der Waals surface area contributed by atoms with Gasteiger partial charge in [-0.05, 0) is 36.7 Å². The molecule has 0 aromatic heterocycles. The first-order chi connectivity index (χ1) is 9.70. The van der Waals surface area contributed by atoms with Crippen molar-refractivity contribution in [2.45, 2.75) is 13.0 Å². The number of nitrogens with two attached hydrogens (primary N) is 1. The van der Waals surface area contributed by atoms with Crippen molar-refractivity contribution in [3.05, 3.63) is 69.7 Å². The Morgan fingerprint density at radius 1 is 1.15 bits per heavy atom. The maximum absolute atomic E-state index is 12.0. The molecular weight excluding hydrogens is 318 g/mol. The molecular formula is C16H16BrNO2. The number of halogens is 1. The molecule has 0 radical (unpaired) electrons. The van der Waals surface area contributed by atoms with E-state index in [2.05, 4.69) is 15.9 Å². The van der Waals surface area contributed by atoms with E-state index in [0.29, 0.717) is 12.1 Å². The minimum atomic E-state index is -0.320. The van der Waals surface area contributed by atoms with E-state index in [1.54, 1.807) is 6.07 Å². The molecule has 3 nitrogen and oxygen atoms in total. The normalized spacial score (nSPS) is 10.3. The maximum atomic E-state index is 12.0. The number of hydrogen-bond acceptors (Lipinski definition) is 3. The van der Waals surface area contributed by atoms with E-state index >= 15 is 0 Å². The van der Waals surface area contributed by atoms with Crippen LogP contribution < -0.4 is 5.73 Å². The molecule has 0 saturated heterocycles. The summed E-state index contributed by atoms with van der Waals surface area (Å²) in [5.41, 5.74) is 8.06. The number of hydrogen-bond donors (Lipinski definition) is 1. The van der Waals surface area contributed by atoms with Gasteiger partial charge in [0, 0.05) is 10.0 Å². The largest absolute Gasteiger partial charge is 0.457 e. The fraction of sp³-hybridized carbons (Fsp3) is 0.188. The minimum absolute atomic E-state index is 0.251. The topological polar surface area (TPSA) is 52.3 Å². The van der Waals surface area contributed by atoms with Gasteiger partial charge in [0.2, 0.25) is 0 Å². The fourth-order valence-corrected chi connectivity index (χ4v) is 2.26. The molecule has 2 rings (SSSR count). The summed E-state index contributed by atoms with van der Waals surface area (Å²) in [6.07, 6.45) is 0.755. The third kappa shape index (κ3) is 3.92. The Morgan fingerprint density at radius 2 is 1.95 bits per heavy atom. The maximum Gasteiger partial charge on any atom is 0.338 e. The smallest absolute Gasteiger partial charge is 0.338 e. The zero-order chi connectivity index (χ0) is 14.4. The van der Waals surface area contributed by atoms with E-state index in [-0.39, 0.29) is 12.6 Å². The molecule has 0 spiro atoms. The number of esters is 1. The van der Waals surface area contributed by atoms with Crippen LogP contribution in [-0.4, -0.2) is 12.5 Å². The van der Waals surface area contributed by atoms with Gasteiger partial charge in [-0.25, -0.2) is 4.79 Å². The van der Waals surface area contributed by atoms with Crippen LogP contribution in [0.3, 0.4) is 0 Å². The average Bonchev–Trinajstić information content (AvgIpc) is 2.47. The Balaban J connectivity index is 2.01. The van der Waals surface area contributed by atoms with Crippen LogP contribution in [0.2, 0.25) is 0 Å². The standard InChI is InChI=1S/C16H16BrNO2/c17-15-7-2-1-5-14(15)11-20-16(19)13-6-3-4-12(10-13)8-9-18/h1-7,10H,8-9,11,18H2. The molecule has 2 N–H and O–H groups in total. The molecule has 104 valence electrons.